The van der Waals surface area contributed by atoms with Gasteiger partial charge in [0.05, 0.1) is 28.9 Å². The molecule has 3 rings (SSSR count). The van der Waals surface area contributed by atoms with Crippen LogP contribution in [0.3, 0.4) is 0 Å². The molecule has 0 fully saturated rings. The Morgan fingerprint density at radius 1 is 1.23 bits per heavy atom. The molecule has 26 heavy (non-hydrogen) atoms. The second-order valence-electron chi connectivity index (χ2n) is 5.29. The van der Waals surface area contributed by atoms with Crippen LogP contribution in [-0.4, -0.2) is 29.9 Å². The van der Waals surface area contributed by atoms with Gasteiger partial charge in [-0.2, -0.15) is 0 Å². The van der Waals surface area contributed by atoms with Gasteiger partial charge in [0.2, 0.25) is 5.91 Å². The number of ether oxygens (including phenoxy) is 1. The molecule has 0 aliphatic rings. The number of thiazole rings is 1. The summed E-state index contributed by atoms with van der Waals surface area (Å²) in [5.74, 6) is 0.162. The molecule has 0 saturated heterocycles. The van der Waals surface area contributed by atoms with E-state index < -0.39 is 0 Å². The van der Waals surface area contributed by atoms with Crippen LogP contribution in [-0.2, 0) is 4.79 Å². The Morgan fingerprint density at radius 3 is 2.81 bits per heavy atom. The number of anilines is 1. The lowest BCUT2D eigenvalue weighted by molar-refractivity contribution is -0.115. The van der Waals surface area contributed by atoms with Gasteiger partial charge in [-0.1, -0.05) is 23.5 Å². The summed E-state index contributed by atoms with van der Waals surface area (Å²) in [5.41, 5.74) is 1.33. The second-order valence-corrected chi connectivity index (χ2v) is 7.49. The Balaban J connectivity index is 1.60. The molecule has 1 aromatic heterocycles. The molecule has 0 bridgehead atoms. The third kappa shape index (κ3) is 4.50. The van der Waals surface area contributed by atoms with Gasteiger partial charge in [-0.25, -0.2) is 4.98 Å². The van der Waals surface area contributed by atoms with Gasteiger partial charge in [0.1, 0.15) is 5.75 Å². The van der Waals surface area contributed by atoms with E-state index in [1.165, 1.54) is 11.3 Å². The molecule has 2 N–H and O–H groups in total. The van der Waals surface area contributed by atoms with E-state index in [1.54, 1.807) is 12.1 Å². The molecule has 6 nitrogen and oxygen atoms in total. The monoisotopic (exact) mass is 481 g/mol. The van der Waals surface area contributed by atoms with Crippen molar-refractivity contribution in [1.29, 1.82) is 0 Å². The van der Waals surface area contributed by atoms with Gasteiger partial charge < -0.3 is 15.4 Å². The van der Waals surface area contributed by atoms with E-state index in [2.05, 4.69) is 38.2 Å². The van der Waals surface area contributed by atoms with Gasteiger partial charge >= 0.3 is 0 Å². The third-order valence-corrected chi connectivity index (χ3v) is 5.32. The number of nitrogens with one attached hydrogen (secondary N) is 2. The molecule has 0 aliphatic heterocycles. The lowest BCUT2D eigenvalue weighted by Gasteiger charge is -2.06. The van der Waals surface area contributed by atoms with Crippen LogP contribution in [0.1, 0.15) is 17.3 Å². The Bertz CT molecular complexity index is 958. The Kier molecular flexibility index (Phi) is 6.04. The minimum absolute atomic E-state index is 0.121. The Hall–Kier alpha value is -2.20. The molecule has 8 heteroatoms. The number of carbonyl (C=O) groups is 2. The molecule has 0 aliphatic carbocycles. The number of halogens is 1. The van der Waals surface area contributed by atoms with Gasteiger partial charge in [-0.05, 0) is 59.8 Å². The molecular formula is C18H16IN3O3S. The maximum Gasteiger partial charge on any atom is 0.252 e. The van der Waals surface area contributed by atoms with Crippen molar-refractivity contribution in [3.8, 4) is 5.75 Å². The number of hydrogen-bond acceptors (Lipinski definition) is 5. The number of nitrogens with zero attached hydrogens (tertiary/aromatic N) is 1. The van der Waals surface area contributed by atoms with Gasteiger partial charge in [-0.15, -0.1) is 0 Å². The molecule has 0 saturated carbocycles. The molecule has 0 atom stereocenters. The van der Waals surface area contributed by atoms with Crippen molar-refractivity contribution in [1.82, 2.24) is 10.3 Å². The van der Waals surface area contributed by atoms with Crippen LogP contribution in [0.5, 0.6) is 5.75 Å². The van der Waals surface area contributed by atoms with Crippen LogP contribution in [0.2, 0.25) is 0 Å². The maximum atomic E-state index is 12.1. The highest BCUT2D eigenvalue weighted by molar-refractivity contribution is 14.1. The number of rotatable bonds is 6. The second kappa shape index (κ2) is 8.45. The predicted molar refractivity (Wildman–Crippen MR) is 111 cm³/mol. The molecule has 0 radical (unpaired) electrons. The quantitative estimate of drug-likeness (QED) is 0.527. The SMILES string of the molecule is CCOc1ccc2nc(NC(=O)CNC(=O)c3ccccc3I)sc2c1. The van der Waals surface area contributed by atoms with Crippen molar-refractivity contribution in [2.24, 2.45) is 0 Å². The molecule has 134 valence electrons. The van der Waals surface area contributed by atoms with Crippen molar-refractivity contribution < 1.29 is 14.3 Å². The fourth-order valence-corrected chi connectivity index (χ4v) is 3.82. The summed E-state index contributed by atoms with van der Waals surface area (Å²) in [7, 11) is 0. The number of amides is 2. The van der Waals surface area contributed by atoms with E-state index in [0.29, 0.717) is 17.3 Å². The lowest BCUT2D eigenvalue weighted by atomic mass is 10.2. The smallest absolute Gasteiger partial charge is 0.252 e. The Morgan fingerprint density at radius 2 is 2.04 bits per heavy atom. The molecule has 0 spiro atoms. The topological polar surface area (TPSA) is 80.3 Å². The normalized spacial score (nSPS) is 10.5. The predicted octanol–water partition coefficient (Wildman–Crippen LogP) is 3.67. The zero-order chi connectivity index (χ0) is 18.5. The van der Waals surface area contributed by atoms with Crippen molar-refractivity contribution in [3.05, 3.63) is 51.6 Å². The van der Waals surface area contributed by atoms with E-state index in [1.807, 2.05) is 37.3 Å². The lowest BCUT2D eigenvalue weighted by Crippen LogP contribution is -2.33. The zero-order valence-electron chi connectivity index (χ0n) is 13.9. The van der Waals surface area contributed by atoms with Gasteiger partial charge in [-0.3, -0.25) is 9.59 Å². The summed E-state index contributed by atoms with van der Waals surface area (Å²) >= 11 is 3.45. The van der Waals surface area contributed by atoms with E-state index in [-0.39, 0.29) is 18.4 Å². The maximum absolute atomic E-state index is 12.1. The van der Waals surface area contributed by atoms with Gasteiger partial charge in [0.25, 0.3) is 5.91 Å². The number of hydrogen-bond donors (Lipinski definition) is 2. The first kappa shape index (κ1) is 18.6. The van der Waals surface area contributed by atoms with Crippen molar-refractivity contribution in [2.45, 2.75) is 6.92 Å². The molecule has 0 unspecified atom stereocenters. The number of aromatic nitrogens is 1. The summed E-state index contributed by atoms with van der Waals surface area (Å²) in [4.78, 5) is 28.6. The molecular weight excluding hydrogens is 465 g/mol. The highest BCUT2D eigenvalue weighted by Gasteiger charge is 2.12. The zero-order valence-corrected chi connectivity index (χ0v) is 16.9. The Labute approximate surface area is 168 Å². The first-order valence-corrected chi connectivity index (χ1v) is 9.82. The van der Waals surface area contributed by atoms with Crippen LogP contribution in [0.25, 0.3) is 10.2 Å². The van der Waals surface area contributed by atoms with Crippen LogP contribution >= 0.6 is 33.9 Å². The fourth-order valence-electron chi connectivity index (χ4n) is 2.28. The number of benzene rings is 2. The van der Waals surface area contributed by atoms with Crippen LogP contribution in [0, 0.1) is 3.57 Å². The largest absolute Gasteiger partial charge is 0.494 e. The van der Waals surface area contributed by atoms with E-state index in [0.717, 1.165) is 19.5 Å². The summed E-state index contributed by atoms with van der Waals surface area (Å²) in [6.07, 6.45) is 0. The summed E-state index contributed by atoms with van der Waals surface area (Å²) in [6.45, 7) is 2.39. The standard InChI is InChI=1S/C18H16IN3O3S/c1-2-25-11-7-8-14-15(9-11)26-18(21-14)22-16(23)10-20-17(24)12-5-3-4-6-13(12)19/h3-9H,2,10H2,1H3,(H,20,24)(H,21,22,23). The van der Waals surface area contributed by atoms with Gasteiger partial charge in [0, 0.05) is 3.57 Å². The van der Waals surface area contributed by atoms with Crippen LogP contribution in [0.4, 0.5) is 5.13 Å². The van der Waals surface area contributed by atoms with E-state index in [4.69, 9.17) is 4.74 Å². The molecule has 1 heterocycles. The van der Waals surface area contributed by atoms with Crippen LogP contribution < -0.4 is 15.4 Å². The average molecular weight is 481 g/mol. The first-order chi connectivity index (χ1) is 12.6. The molecule has 2 amide bonds. The van der Waals surface area contributed by atoms with Crippen LogP contribution in [0.15, 0.2) is 42.5 Å². The third-order valence-electron chi connectivity index (χ3n) is 3.45. The van der Waals surface area contributed by atoms with Gasteiger partial charge in [0.15, 0.2) is 5.13 Å². The highest BCUT2D eigenvalue weighted by Crippen LogP contribution is 2.29. The number of carbonyl (C=O) groups excluding carboxylic acids is 2. The summed E-state index contributed by atoms with van der Waals surface area (Å²) in [6, 6.07) is 12.8. The summed E-state index contributed by atoms with van der Waals surface area (Å²) in [5, 5.41) is 5.82. The minimum atomic E-state index is -0.326. The molecule has 3 aromatic rings. The highest BCUT2D eigenvalue weighted by atomic mass is 127. The van der Waals surface area contributed by atoms with E-state index >= 15 is 0 Å². The first-order valence-electron chi connectivity index (χ1n) is 7.93. The fraction of sp³-hybridized carbons (Fsp3) is 0.167. The summed E-state index contributed by atoms with van der Waals surface area (Å²) < 4.78 is 7.22. The van der Waals surface area contributed by atoms with Crippen molar-refractivity contribution >= 4 is 61.1 Å². The number of fused-ring (bicyclic) bond motifs is 1. The van der Waals surface area contributed by atoms with Crippen molar-refractivity contribution in [2.75, 3.05) is 18.5 Å². The van der Waals surface area contributed by atoms with Crippen molar-refractivity contribution in [3.63, 3.8) is 0 Å². The van der Waals surface area contributed by atoms with E-state index in [9.17, 15) is 9.59 Å². The molecule has 2 aromatic carbocycles. The minimum Gasteiger partial charge on any atom is -0.494 e. The average Bonchev–Trinajstić information content (AvgIpc) is 3.02.